The number of aliphatic carboxylic acids is 1. The molecule has 6 nitrogen and oxygen atoms in total. The summed E-state index contributed by atoms with van der Waals surface area (Å²) in [5, 5.41) is 14.2. The number of aromatic nitrogens is 1. The van der Waals surface area contributed by atoms with Gasteiger partial charge in [-0.25, -0.2) is 0 Å². The van der Waals surface area contributed by atoms with E-state index in [-0.39, 0.29) is 17.9 Å². The minimum Gasteiger partial charge on any atom is -0.481 e. The molecule has 1 unspecified atom stereocenters. The maximum atomic E-state index is 12.9. The van der Waals surface area contributed by atoms with Gasteiger partial charge in [0.2, 0.25) is 5.91 Å². The second-order valence-corrected chi connectivity index (χ2v) is 9.08. The van der Waals surface area contributed by atoms with Crippen LogP contribution >= 0.6 is 0 Å². The molecule has 6 heteroatoms. The summed E-state index contributed by atoms with van der Waals surface area (Å²) in [6.45, 7) is 6.23. The van der Waals surface area contributed by atoms with Crippen LogP contribution in [0.3, 0.4) is 0 Å². The van der Waals surface area contributed by atoms with Gasteiger partial charge in [-0.1, -0.05) is 32.0 Å². The molecule has 2 aromatic rings. The average molecular weight is 398 g/mol. The molecule has 1 aromatic carbocycles. The molecule has 1 fully saturated rings. The fourth-order valence-electron chi connectivity index (χ4n) is 5.10. The number of nitrogens with zero attached hydrogens (tertiary/aromatic N) is 1. The molecule has 2 aliphatic rings. The third-order valence-electron chi connectivity index (χ3n) is 7.11. The molecule has 1 atom stereocenters. The van der Waals surface area contributed by atoms with Crippen molar-refractivity contribution in [1.82, 2.24) is 15.2 Å². The van der Waals surface area contributed by atoms with E-state index in [0.717, 1.165) is 25.8 Å². The molecule has 1 aromatic heterocycles. The van der Waals surface area contributed by atoms with Gasteiger partial charge in [-0.05, 0) is 42.7 Å². The molecule has 29 heavy (non-hydrogen) atoms. The highest BCUT2D eigenvalue weighted by molar-refractivity contribution is 5.85. The molecule has 3 heterocycles. The first kappa shape index (κ1) is 20.0. The molecule has 3 N–H and O–H groups in total. The Morgan fingerprint density at radius 1 is 1.21 bits per heavy atom. The van der Waals surface area contributed by atoms with Crippen LogP contribution in [0.5, 0.6) is 0 Å². The number of hydrogen-bond donors (Lipinski definition) is 3. The predicted molar refractivity (Wildman–Crippen MR) is 113 cm³/mol. The van der Waals surface area contributed by atoms with E-state index >= 15 is 0 Å². The number of carbonyl (C=O) groups is 2. The highest BCUT2D eigenvalue weighted by Gasteiger charge is 2.42. The van der Waals surface area contributed by atoms with Crippen molar-refractivity contribution in [3.8, 4) is 0 Å². The van der Waals surface area contributed by atoms with E-state index in [2.05, 4.69) is 34.6 Å². The van der Waals surface area contributed by atoms with Gasteiger partial charge in [0.1, 0.15) is 0 Å². The van der Waals surface area contributed by atoms with E-state index in [1.54, 1.807) is 0 Å². The Labute approximate surface area is 171 Å². The van der Waals surface area contributed by atoms with Crippen LogP contribution in [0.25, 0.3) is 10.9 Å². The third kappa shape index (κ3) is 3.66. The zero-order valence-electron chi connectivity index (χ0n) is 17.4. The van der Waals surface area contributed by atoms with E-state index in [4.69, 9.17) is 0 Å². The number of nitrogens with one attached hydrogen (secondary N) is 2. The number of fused-ring (bicyclic) bond motifs is 4. The monoisotopic (exact) mass is 397 g/mol. The normalized spacial score (nSPS) is 20.4. The van der Waals surface area contributed by atoms with Crippen molar-refractivity contribution in [2.45, 2.75) is 57.9 Å². The van der Waals surface area contributed by atoms with Crippen molar-refractivity contribution < 1.29 is 14.7 Å². The Balaban J connectivity index is 1.49. The Bertz CT molecular complexity index is 927. The molecule has 4 rings (SSSR count). The van der Waals surface area contributed by atoms with E-state index in [0.29, 0.717) is 25.9 Å². The average Bonchev–Trinajstić information content (AvgIpc) is 3.08. The van der Waals surface area contributed by atoms with Gasteiger partial charge in [0, 0.05) is 42.7 Å². The summed E-state index contributed by atoms with van der Waals surface area (Å²) in [7, 11) is 0. The fraction of sp³-hybridized carbons (Fsp3) is 0.565. The summed E-state index contributed by atoms with van der Waals surface area (Å²) in [4.78, 5) is 29.7. The molecule has 1 amide bonds. The molecule has 0 aliphatic carbocycles. The van der Waals surface area contributed by atoms with Crippen LogP contribution in [0.4, 0.5) is 0 Å². The number of carbonyl (C=O) groups excluding carboxylic acids is 1. The van der Waals surface area contributed by atoms with Crippen LogP contribution < -0.4 is 5.32 Å². The number of carboxylic acids is 1. The first-order valence-corrected chi connectivity index (χ1v) is 10.7. The lowest BCUT2D eigenvalue weighted by Gasteiger charge is -2.45. The number of carboxylic acid groups (broad SMARTS) is 1. The molecule has 0 radical (unpaired) electrons. The SMILES string of the molecule is CCC(C)(CC(=O)O)CC(=O)N1CCC2(CC1)NCCc1c2[nH]c2ccccc12. The van der Waals surface area contributed by atoms with Crippen LogP contribution in [0.2, 0.25) is 0 Å². The van der Waals surface area contributed by atoms with E-state index in [1.165, 1.54) is 22.2 Å². The van der Waals surface area contributed by atoms with Crippen LogP contribution in [0, 0.1) is 5.41 Å². The minimum absolute atomic E-state index is 0.0347. The van der Waals surface area contributed by atoms with Crippen LogP contribution in [0.1, 0.15) is 57.2 Å². The third-order valence-corrected chi connectivity index (χ3v) is 7.11. The molecule has 1 saturated heterocycles. The van der Waals surface area contributed by atoms with E-state index in [1.807, 2.05) is 18.7 Å². The number of hydrogen-bond acceptors (Lipinski definition) is 3. The summed E-state index contributed by atoms with van der Waals surface area (Å²) in [5.41, 5.74) is 3.32. The second kappa shape index (κ2) is 7.48. The Morgan fingerprint density at radius 2 is 1.93 bits per heavy atom. The summed E-state index contributed by atoms with van der Waals surface area (Å²) >= 11 is 0. The van der Waals surface area contributed by atoms with Crippen molar-refractivity contribution in [3.05, 3.63) is 35.5 Å². The Morgan fingerprint density at radius 3 is 2.62 bits per heavy atom. The van der Waals surface area contributed by atoms with Gasteiger partial charge >= 0.3 is 5.97 Å². The van der Waals surface area contributed by atoms with Gasteiger partial charge in [0.05, 0.1) is 12.0 Å². The summed E-state index contributed by atoms with van der Waals surface area (Å²) < 4.78 is 0. The van der Waals surface area contributed by atoms with Gasteiger partial charge in [0.15, 0.2) is 0 Å². The van der Waals surface area contributed by atoms with Gasteiger partial charge < -0.3 is 20.3 Å². The van der Waals surface area contributed by atoms with Crippen LogP contribution in [-0.4, -0.2) is 46.5 Å². The first-order valence-electron chi connectivity index (χ1n) is 10.7. The number of para-hydroxylation sites is 1. The number of likely N-dealkylation sites (tertiary alicyclic amines) is 1. The highest BCUT2D eigenvalue weighted by atomic mass is 16.4. The minimum atomic E-state index is -0.836. The maximum Gasteiger partial charge on any atom is 0.303 e. The lowest BCUT2D eigenvalue weighted by Crippen LogP contribution is -2.55. The smallest absolute Gasteiger partial charge is 0.303 e. The predicted octanol–water partition coefficient (Wildman–Crippen LogP) is 3.41. The molecule has 0 saturated carbocycles. The lowest BCUT2D eigenvalue weighted by molar-refractivity contribution is -0.141. The lowest BCUT2D eigenvalue weighted by atomic mass is 9.78. The van der Waals surface area contributed by atoms with E-state index < -0.39 is 11.4 Å². The zero-order valence-corrected chi connectivity index (χ0v) is 17.4. The van der Waals surface area contributed by atoms with Gasteiger partial charge in [0.25, 0.3) is 0 Å². The summed E-state index contributed by atoms with van der Waals surface area (Å²) in [6.07, 6.45) is 3.79. The number of amides is 1. The van der Waals surface area contributed by atoms with Crippen molar-refractivity contribution in [2.24, 2.45) is 5.41 Å². The van der Waals surface area contributed by atoms with Crippen molar-refractivity contribution in [3.63, 3.8) is 0 Å². The van der Waals surface area contributed by atoms with E-state index in [9.17, 15) is 14.7 Å². The van der Waals surface area contributed by atoms with Crippen LogP contribution in [0.15, 0.2) is 24.3 Å². The van der Waals surface area contributed by atoms with Crippen molar-refractivity contribution in [2.75, 3.05) is 19.6 Å². The molecular formula is C23H31N3O3. The van der Waals surface area contributed by atoms with Crippen molar-refractivity contribution in [1.29, 1.82) is 0 Å². The molecule has 2 aliphatic heterocycles. The van der Waals surface area contributed by atoms with Gasteiger partial charge in [-0.3, -0.25) is 9.59 Å². The zero-order chi connectivity index (χ0) is 20.6. The quantitative estimate of drug-likeness (QED) is 0.722. The van der Waals surface area contributed by atoms with Gasteiger partial charge in [-0.15, -0.1) is 0 Å². The first-order chi connectivity index (χ1) is 13.9. The number of piperidine rings is 1. The molecular weight excluding hydrogens is 366 g/mol. The fourth-order valence-corrected chi connectivity index (χ4v) is 5.10. The topological polar surface area (TPSA) is 85.4 Å². The molecule has 1 spiro atoms. The summed E-state index contributed by atoms with van der Waals surface area (Å²) in [6, 6.07) is 8.48. The molecule has 0 bridgehead atoms. The highest BCUT2D eigenvalue weighted by Crippen LogP contribution is 2.40. The van der Waals surface area contributed by atoms with Crippen LogP contribution in [-0.2, 0) is 21.5 Å². The molecule has 156 valence electrons. The second-order valence-electron chi connectivity index (χ2n) is 9.08. The number of H-pyrrole nitrogens is 1. The van der Waals surface area contributed by atoms with Crippen molar-refractivity contribution >= 4 is 22.8 Å². The largest absolute Gasteiger partial charge is 0.481 e. The Kier molecular flexibility index (Phi) is 5.15. The summed E-state index contributed by atoms with van der Waals surface area (Å²) in [5.74, 6) is -0.754. The number of benzene rings is 1. The van der Waals surface area contributed by atoms with Gasteiger partial charge in [-0.2, -0.15) is 0 Å². The standard InChI is InChI=1S/C23H31N3O3/c1-3-22(2,15-20(28)29)14-19(27)26-12-9-23(10-13-26)21-17(8-11-24-23)16-6-4-5-7-18(16)25-21/h4-7,24-25H,3,8-15H2,1-2H3,(H,28,29). The number of aromatic amines is 1. The maximum absolute atomic E-state index is 12.9. The Hall–Kier alpha value is -2.34. The number of rotatable bonds is 5.